The largest absolute Gasteiger partial charge is 0.354 e. The Balaban J connectivity index is 1.82. The number of carbonyl (C=O) groups is 1. The van der Waals surface area contributed by atoms with Crippen molar-refractivity contribution < 1.29 is 13.2 Å². The highest BCUT2D eigenvalue weighted by Gasteiger charge is 2.21. The van der Waals surface area contributed by atoms with Gasteiger partial charge >= 0.3 is 0 Å². The number of rotatable bonds is 6. The van der Waals surface area contributed by atoms with E-state index in [1.54, 1.807) is 43.0 Å². The van der Waals surface area contributed by atoms with Crippen molar-refractivity contribution in [2.24, 2.45) is 0 Å². The molecule has 1 atom stereocenters. The number of hydrogen-bond acceptors (Lipinski definition) is 5. The van der Waals surface area contributed by atoms with Gasteiger partial charge in [0.15, 0.2) is 9.84 Å². The lowest BCUT2D eigenvalue weighted by Gasteiger charge is -2.10. The molecule has 1 saturated heterocycles. The van der Waals surface area contributed by atoms with Crippen LogP contribution in [0.25, 0.3) is 0 Å². The van der Waals surface area contributed by atoms with Crippen molar-refractivity contribution in [3.63, 3.8) is 0 Å². The number of hydrogen-bond donors (Lipinski definition) is 2. The van der Waals surface area contributed by atoms with Gasteiger partial charge in [0.2, 0.25) is 5.91 Å². The maximum atomic E-state index is 11.8. The Labute approximate surface area is 129 Å². The third-order valence-electron chi connectivity index (χ3n) is 3.41. The van der Waals surface area contributed by atoms with Crippen LogP contribution < -0.4 is 10.6 Å². The molecule has 1 unspecified atom stereocenters. The van der Waals surface area contributed by atoms with Crippen LogP contribution in [0.5, 0.6) is 0 Å². The topological polar surface area (TPSA) is 75.3 Å². The molecule has 0 spiro atoms. The second-order valence-electron chi connectivity index (χ2n) is 4.86. The zero-order valence-corrected chi connectivity index (χ0v) is 13.6. The van der Waals surface area contributed by atoms with E-state index in [0.717, 1.165) is 17.2 Å². The SMILES string of the molecule is CCS(=O)(=O)c1ccc(CCNC(=O)C2CSCN2)cc1. The number of sulfone groups is 1. The van der Waals surface area contributed by atoms with Crippen LogP contribution in [0, 0.1) is 0 Å². The molecule has 116 valence electrons. The molecule has 0 radical (unpaired) electrons. The summed E-state index contributed by atoms with van der Waals surface area (Å²) in [5.41, 5.74) is 1.01. The van der Waals surface area contributed by atoms with E-state index in [-0.39, 0.29) is 17.7 Å². The van der Waals surface area contributed by atoms with Crippen LogP contribution in [0.4, 0.5) is 0 Å². The van der Waals surface area contributed by atoms with Gasteiger partial charge in [0.05, 0.1) is 16.7 Å². The molecule has 1 heterocycles. The van der Waals surface area contributed by atoms with Gasteiger partial charge in [0.25, 0.3) is 0 Å². The summed E-state index contributed by atoms with van der Waals surface area (Å²) in [7, 11) is -3.14. The molecule has 5 nitrogen and oxygen atoms in total. The van der Waals surface area contributed by atoms with Crippen LogP contribution in [-0.4, -0.2) is 44.3 Å². The molecule has 1 fully saturated rings. The Hall–Kier alpha value is -1.05. The van der Waals surface area contributed by atoms with E-state index in [2.05, 4.69) is 10.6 Å². The molecule has 2 N–H and O–H groups in total. The Morgan fingerprint density at radius 2 is 2.10 bits per heavy atom. The summed E-state index contributed by atoms with van der Waals surface area (Å²) in [5, 5.41) is 6.02. The molecule has 1 amide bonds. The molecule has 1 aliphatic heterocycles. The van der Waals surface area contributed by atoms with E-state index in [1.807, 2.05) is 0 Å². The summed E-state index contributed by atoms with van der Waals surface area (Å²) in [6.07, 6.45) is 0.693. The first-order valence-electron chi connectivity index (χ1n) is 6.93. The Kier molecular flexibility index (Phi) is 5.66. The normalized spacial score (nSPS) is 18.6. The third-order valence-corrected chi connectivity index (χ3v) is 6.10. The van der Waals surface area contributed by atoms with Crippen molar-refractivity contribution in [3.05, 3.63) is 29.8 Å². The minimum absolute atomic E-state index is 0.0326. The van der Waals surface area contributed by atoms with Crippen LogP contribution >= 0.6 is 11.8 Å². The van der Waals surface area contributed by atoms with Gasteiger partial charge in [-0.05, 0) is 24.1 Å². The molecule has 7 heteroatoms. The molecular formula is C14H20N2O3S2. The third kappa shape index (κ3) is 4.46. The first-order chi connectivity index (χ1) is 10.0. The van der Waals surface area contributed by atoms with E-state index in [9.17, 15) is 13.2 Å². The summed E-state index contributed by atoms with van der Waals surface area (Å²) in [5.74, 6) is 1.78. The van der Waals surface area contributed by atoms with Crippen LogP contribution in [-0.2, 0) is 21.1 Å². The lowest BCUT2D eigenvalue weighted by atomic mass is 10.1. The zero-order chi connectivity index (χ0) is 15.3. The molecule has 1 aliphatic rings. The molecule has 0 aromatic heterocycles. The monoisotopic (exact) mass is 328 g/mol. The molecular weight excluding hydrogens is 308 g/mol. The first kappa shape index (κ1) is 16.3. The predicted molar refractivity (Wildman–Crippen MR) is 85.1 cm³/mol. The number of thioether (sulfide) groups is 1. The predicted octanol–water partition coefficient (Wildman–Crippen LogP) is 0.801. The fourth-order valence-corrected chi connectivity index (χ4v) is 3.87. The van der Waals surface area contributed by atoms with Gasteiger partial charge in [-0.2, -0.15) is 0 Å². The van der Waals surface area contributed by atoms with E-state index in [0.29, 0.717) is 17.9 Å². The van der Waals surface area contributed by atoms with Crippen molar-refractivity contribution in [1.29, 1.82) is 0 Å². The number of nitrogens with one attached hydrogen (secondary N) is 2. The lowest BCUT2D eigenvalue weighted by Crippen LogP contribution is -2.42. The minimum Gasteiger partial charge on any atom is -0.354 e. The minimum atomic E-state index is -3.14. The summed E-state index contributed by atoms with van der Waals surface area (Å²) in [6, 6.07) is 6.78. The summed E-state index contributed by atoms with van der Waals surface area (Å²) >= 11 is 1.72. The highest BCUT2D eigenvalue weighted by Crippen LogP contribution is 2.13. The standard InChI is InChI=1S/C14H20N2O3S2/c1-2-21(18,19)12-5-3-11(4-6-12)7-8-15-14(17)13-9-20-10-16-13/h3-6,13,16H,2,7-10H2,1H3,(H,15,17). The van der Waals surface area contributed by atoms with Gasteiger partial charge in [-0.25, -0.2) is 8.42 Å². The second-order valence-corrected chi connectivity index (χ2v) is 8.17. The van der Waals surface area contributed by atoms with Crippen molar-refractivity contribution >= 4 is 27.5 Å². The maximum absolute atomic E-state index is 11.8. The van der Waals surface area contributed by atoms with E-state index >= 15 is 0 Å². The molecule has 0 bridgehead atoms. The van der Waals surface area contributed by atoms with Crippen molar-refractivity contribution in [2.75, 3.05) is 23.9 Å². The Morgan fingerprint density at radius 3 is 2.67 bits per heavy atom. The Bertz CT molecular complexity index is 579. The molecule has 1 aromatic carbocycles. The van der Waals surface area contributed by atoms with Crippen molar-refractivity contribution in [1.82, 2.24) is 10.6 Å². The smallest absolute Gasteiger partial charge is 0.238 e. The van der Waals surface area contributed by atoms with Gasteiger partial charge in [-0.15, -0.1) is 11.8 Å². The van der Waals surface area contributed by atoms with Gasteiger partial charge < -0.3 is 5.32 Å². The summed E-state index contributed by atoms with van der Waals surface area (Å²) in [6.45, 7) is 2.19. The van der Waals surface area contributed by atoms with E-state index < -0.39 is 9.84 Å². The number of benzene rings is 1. The maximum Gasteiger partial charge on any atom is 0.238 e. The highest BCUT2D eigenvalue weighted by molar-refractivity contribution is 7.99. The van der Waals surface area contributed by atoms with Crippen LogP contribution in [0.3, 0.4) is 0 Å². The first-order valence-corrected chi connectivity index (χ1v) is 9.74. The average molecular weight is 328 g/mol. The van der Waals surface area contributed by atoms with Gasteiger partial charge in [0, 0.05) is 18.2 Å². The number of carbonyl (C=O) groups excluding carboxylic acids is 1. The average Bonchev–Trinajstić information content (AvgIpc) is 3.02. The fraction of sp³-hybridized carbons (Fsp3) is 0.500. The molecule has 21 heavy (non-hydrogen) atoms. The van der Waals surface area contributed by atoms with E-state index in [1.165, 1.54) is 0 Å². The Morgan fingerprint density at radius 1 is 1.38 bits per heavy atom. The molecule has 0 aliphatic carbocycles. The zero-order valence-electron chi connectivity index (χ0n) is 12.0. The van der Waals surface area contributed by atoms with Gasteiger partial charge in [-0.3, -0.25) is 10.1 Å². The molecule has 0 saturated carbocycles. The molecule has 2 rings (SSSR count). The summed E-state index contributed by atoms with van der Waals surface area (Å²) < 4.78 is 23.4. The second kappa shape index (κ2) is 7.29. The van der Waals surface area contributed by atoms with Gasteiger partial charge in [0.1, 0.15) is 0 Å². The van der Waals surface area contributed by atoms with Crippen LogP contribution in [0.1, 0.15) is 12.5 Å². The van der Waals surface area contributed by atoms with Crippen molar-refractivity contribution in [2.45, 2.75) is 24.3 Å². The van der Waals surface area contributed by atoms with Crippen LogP contribution in [0.15, 0.2) is 29.2 Å². The molecule has 1 aromatic rings. The lowest BCUT2D eigenvalue weighted by molar-refractivity contribution is -0.122. The highest BCUT2D eigenvalue weighted by atomic mass is 32.2. The van der Waals surface area contributed by atoms with Gasteiger partial charge in [-0.1, -0.05) is 19.1 Å². The van der Waals surface area contributed by atoms with Crippen LogP contribution in [0.2, 0.25) is 0 Å². The number of amides is 1. The van der Waals surface area contributed by atoms with Crippen molar-refractivity contribution in [3.8, 4) is 0 Å². The van der Waals surface area contributed by atoms with E-state index in [4.69, 9.17) is 0 Å². The summed E-state index contributed by atoms with van der Waals surface area (Å²) in [4.78, 5) is 12.1. The fourth-order valence-electron chi connectivity index (χ4n) is 2.05. The quantitative estimate of drug-likeness (QED) is 0.808.